The Morgan fingerprint density at radius 3 is 3.15 bits per heavy atom. The fourth-order valence-corrected chi connectivity index (χ4v) is 1.36. The molecule has 2 rings (SSSR count). The van der Waals surface area contributed by atoms with E-state index in [0.717, 1.165) is 11.1 Å². The molecular weight excluding hydrogens is 166 g/mol. The minimum atomic E-state index is -0.0323. The first-order valence-corrected chi connectivity index (χ1v) is 4.22. The van der Waals surface area contributed by atoms with Crippen LogP contribution in [0, 0.1) is 6.92 Å². The Bertz CT molecular complexity index is 349. The first-order chi connectivity index (χ1) is 6.25. The molecule has 0 atom stereocenters. The molecule has 4 heteroatoms. The van der Waals surface area contributed by atoms with Gasteiger partial charge in [-0.15, -0.1) is 0 Å². The van der Waals surface area contributed by atoms with Crippen molar-refractivity contribution in [3.05, 3.63) is 23.4 Å². The number of aromatic nitrogens is 1. The van der Waals surface area contributed by atoms with Gasteiger partial charge in [0.1, 0.15) is 5.82 Å². The standard InChI is InChI=1S/C9H11N3O/c1-6-2-7-4-10-5-8(13)12-9(7)11-3-6/h2-3,10H,4-5H2,1H3,(H,11,12,13). The van der Waals surface area contributed by atoms with Crippen LogP contribution in [0.3, 0.4) is 0 Å². The van der Waals surface area contributed by atoms with Crippen molar-refractivity contribution in [3.63, 3.8) is 0 Å². The normalized spacial score (nSPS) is 15.9. The number of hydrogen-bond acceptors (Lipinski definition) is 3. The number of carbonyl (C=O) groups excluding carboxylic acids is 1. The van der Waals surface area contributed by atoms with E-state index in [-0.39, 0.29) is 5.91 Å². The molecule has 1 aromatic heterocycles. The molecule has 0 unspecified atom stereocenters. The van der Waals surface area contributed by atoms with Crippen molar-refractivity contribution >= 4 is 11.7 Å². The summed E-state index contributed by atoms with van der Waals surface area (Å²) in [6, 6.07) is 2.03. The Morgan fingerprint density at radius 2 is 2.31 bits per heavy atom. The fraction of sp³-hybridized carbons (Fsp3) is 0.333. The van der Waals surface area contributed by atoms with Crippen LogP contribution >= 0.6 is 0 Å². The predicted molar refractivity (Wildman–Crippen MR) is 49.3 cm³/mol. The molecule has 0 spiro atoms. The minimum Gasteiger partial charge on any atom is -0.309 e. The molecule has 1 aliphatic rings. The zero-order valence-corrected chi connectivity index (χ0v) is 7.42. The van der Waals surface area contributed by atoms with E-state index in [1.165, 1.54) is 0 Å². The number of hydrogen-bond donors (Lipinski definition) is 2. The van der Waals surface area contributed by atoms with Crippen LogP contribution in [-0.4, -0.2) is 17.4 Å². The molecule has 0 saturated heterocycles. The summed E-state index contributed by atoms with van der Waals surface area (Å²) in [6.07, 6.45) is 1.75. The number of anilines is 1. The lowest BCUT2D eigenvalue weighted by Gasteiger charge is -2.04. The molecule has 0 bridgehead atoms. The Kier molecular flexibility index (Phi) is 1.98. The lowest BCUT2D eigenvalue weighted by molar-refractivity contribution is -0.115. The molecule has 1 aliphatic heterocycles. The molecule has 0 aliphatic carbocycles. The summed E-state index contributed by atoms with van der Waals surface area (Å²) in [5.41, 5.74) is 2.16. The third-order valence-electron chi connectivity index (χ3n) is 1.96. The zero-order chi connectivity index (χ0) is 9.26. The van der Waals surface area contributed by atoms with Crippen molar-refractivity contribution in [2.24, 2.45) is 0 Å². The first kappa shape index (κ1) is 8.19. The van der Waals surface area contributed by atoms with Crippen LogP contribution in [0.15, 0.2) is 12.3 Å². The number of carbonyl (C=O) groups is 1. The van der Waals surface area contributed by atoms with Crippen molar-refractivity contribution in [2.75, 3.05) is 11.9 Å². The molecule has 2 N–H and O–H groups in total. The third-order valence-corrected chi connectivity index (χ3v) is 1.96. The van der Waals surface area contributed by atoms with Crippen LogP contribution in [0.1, 0.15) is 11.1 Å². The van der Waals surface area contributed by atoms with E-state index in [0.29, 0.717) is 18.9 Å². The fourth-order valence-electron chi connectivity index (χ4n) is 1.36. The van der Waals surface area contributed by atoms with E-state index in [1.54, 1.807) is 6.20 Å². The van der Waals surface area contributed by atoms with Crippen molar-refractivity contribution in [3.8, 4) is 0 Å². The lowest BCUT2D eigenvalue weighted by Crippen LogP contribution is -2.23. The largest absolute Gasteiger partial charge is 0.309 e. The number of nitrogens with zero attached hydrogens (tertiary/aromatic N) is 1. The molecule has 0 fully saturated rings. The minimum absolute atomic E-state index is 0.0323. The number of fused-ring (bicyclic) bond motifs is 1. The molecule has 0 aromatic carbocycles. The molecule has 1 amide bonds. The van der Waals surface area contributed by atoms with Crippen molar-refractivity contribution in [2.45, 2.75) is 13.5 Å². The number of rotatable bonds is 0. The van der Waals surface area contributed by atoms with Crippen LogP contribution in [0.5, 0.6) is 0 Å². The highest BCUT2D eigenvalue weighted by Gasteiger charge is 2.12. The van der Waals surface area contributed by atoms with Crippen molar-refractivity contribution < 1.29 is 4.79 Å². The van der Waals surface area contributed by atoms with E-state index < -0.39 is 0 Å². The first-order valence-electron chi connectivity index (χ1n) is 4.22. The van der Waals surface area contributed by atoms with Gasteiger partial charge in [0, 0.05) is 18.3 Å². The summed E-state index contributed by atoms with van der Waals surface area (Å²) in [5, 5.41) is 5.77. The molecule has 68 valence electrons. The number of pyridine rings is 1. The van der Waals surface area contributed by atoms with Gasteiger partial charge in [0.05, 0.1) is 6.54 Å². The maximum atomic E-state index is 11.1. The molecule has 4 nitrogen and oxygen atoms in total. The van der Waals surface area contributed by atoms with Crippen molar-refractivity contribution in [1.29, 1.82) is 0 Å². The van der Waals surface area contributed by atoms with Gasteiger partial charge < -0.3 is 10.6 Å². The predicted octanol–water partition coefficient (Wildman–Crippen LogP) is 0.432. The van der Waals surface area contributed by atoms with Gasteiger partial charge in [-0.25, -0.2) is 4.98 Å². The van der Waals surface area contributed by atoms with E-state index >= 15 is 0 Å². The van der Waals surface area contributed by atoms with Gasteiger partial charge in [0.25, 0.3) is 0 Å². The van der Waals surface area contributed by atoms with Crippen LogP contribution < -0.4 is 10.6 Å². The topological polar surface area (TPSA) is 54.0 Å². The highest BCUT2D eigenvalue weighted by molar-refractivity contribution is 5.92. The maximum Gasteiger partial charge on any atom is 0.239 e. The van der Waals surface area contributed by atoms with E-state index in [9.17, 15) is 4.79 Å². The Morgan fingerprint density at radius 1 is 1.46 bits per heavy atom. The van der Waals surface area contributed by atoms with Gasteiger partial charge in [-0.1, -0.05) is 0 Å². The molecule has 13 heavy (non-hydrogen) atoms. The SMILES string of the molecule is Cc1cnc2c(c1)CNCC(=O)N2. The average Bonchev–Trinajstić information content (AvgIpc) is 2.25. The highest BCUT2D eigenvalue weighted by Crippen LogP contribution is 2.14. The summed E-state index contributed by atoms with van der Waals surface area (Å²) in [7, 11) is 0. The van der Waals surface area contributed by atoms with Crippen molar-refractivity contribution in [1.82, 2.24) is 10.3 Å². The molecular formula is C9H11N3O. The summed E-state index contributed by atoms with van der Waals surface area (Å²) < 4.78 is 0. The number of aryl methyl sites for hydroxylation is 1. The molecule has 1 aromatic rings. The molecule has 0 saturated carbocycles. The van der Waals surface area contributed by atoms with E-state index in [1.807, 2.05) is 13.0 Å². The van der Waals surface area contributed by atoms with Gasteiger partial charge in [0.15, 0.2) is 0 Å². The average molecular weight is 177 g/mol. The summed E-state index contributed by atoms with van der Waals surface area (Å²) in [5.74, 6) is 0.649. The second-order valence-electron chi connectivity index (χ2n) is 3.17. The van der Waals surface area contributed by atoms with Gasteiger partial charge in [-0.3, -0.25) is 4.79 Å². The Hall–Kier alpha value is -1.42. The lowest BCUT2D eigenvalue weighted by atomic mass is 10.2. The quantitative estimate of drug-likeness (QED) is 0.604. The monoisotopic (exact) mass is 177 g/mol. The van der Waals surface area contributed by atoms with Crippen LogP contribution in [0.2, 0.25) is 0 Å². The second-order valence-corrected chi connectivity index (χ2v) is 3.17. The zero-order valence-electron chi connectivity index (χ0n) is 7.42. The van der Waals surface area contributed by atoms with Gasteiger partial charge >= 0.3 is 0 Å². The van der Waals surface area contributed by atoms with Gasteiger partial charge in [-0.2, -0.15) is 0 Å². The maximum absolute atomic E-state index is 11.1. The highest BCUT2D eigenvalue weighted by atomic mass is 16.2. The van der Waals surface area contributed by atoms with Gasteiger partial charge in [-0.05, 0) is 18.6 Å². The third kappa shape index (κ3) is 1.67. The summed E-state index contributed by atoms with van der Waals surface area (Å²) in [6.45, 7) is 3.04. The van der Waals surface area contributed by atoms with Crippen LogP contribution in [-0.2, 0) is 11.3 Å². The summed E-state index contributed by atoms with van der Waals surface area (Å²) >= 11 is 0. The Labute approximate surface area is 76.4 Å². The number of amides is 1. The second kappa shape index (κ2) is 3.14. The van der Waals surface area contributed by atoms with E-state index in [4.69, 9.17) is 0 Å². The summed E-state index contributed by atoms with van der Waals surface area (Å²) in [4.78, 5) is 15.3. The smallest absolute Gasteiger partial charge is 0.239 e. The van der Waals surface area contributed by atoms with E-state index in [2.05, 4.69) is 15.6 Å². The van der Waals surface area contributed by atoms with Crippen LogP contribution in [0.4, 0.5) is 5.82 Å². The van der Waals surface area contributed by atoms with Crippen LogP contribution in [0.25, 0.3) is 0 Å². The number of nitrogens with one attached hydrogen (secondary N) is 2. The Balaban J connectivity index is 2.40. The van der Waals surface area contributed by atoms with Gasteiger partial charge in [0.2, 0.25) is 5.91 Å². The molecule has 0 radical (unpaired) electrons. The molecule has 2 heterocycles.